The molecule has 0 saturated heterocycles. The van der Waals surface area contributed by atoms with E-state index in [4.69, 9.17) is 4.74 Å². The Bertz CT molecular complexity index is 408. The molecule has 0 radical (unpaired) electrons. The molecule has 0 heterocycles. The summed E-state index contributed by atoms with van der Waals surface area (Å²) < 4.78 is 5.27. The van der Waals surface area contributed by atoms with E-state index < -0.39 is 0 Å². The van der Waals surface area contributed by atoms with Crippen LogP contribution in [0, 0.1) is 0 Å². The standard InChI is InChI=1S/C15H22BrNO2/c1-4-15(5-2,11-16)17-14(18)10-12-8-6-7-9-13(12)19-3/h6-9H,4-5,10-11H2,1-3H3,(H,17,18). The van der Waals surface area contributed by atoms with Crippen molar-refractivity contribution in [3.8, 4) is 5.75 Å². The number of hydrogen-bond donors (Lipinski definition) is 1. The van der Waals surface area contributed by atoms with E-state index in [0.717, 1.165) is 29.5 Å². The number of alkyl halides is 1. The minimum Gasteiger partial charge on any atom is -0.496 e. The van der Waals surface area contributed by atoms with Gasteiger partial charge in [-0.15, -0.1) is 0 Å². The molecule has 0 atom stereocenters. The summed E-state index contributed by atoms with van der Waals surface area (Å²) in [6.07, 6.45) is 2.16. The van der Waals surface area contributed by atoms with Crippen molar-refractivity contribution in [2.75, 3.05) is 12.4 Å². The first kappa shape index (κ1) is 16.0. The van der Waals surface area contributed by atoms with Crippen LogP contribution in [-0.2, 0) is 11.2 Å². The molecule has 0 saturated carbocycles. The lowest BCUT2D eigenvalue weighted by molar-refractivity contribution is -0.122. The molecule has 0 aliphatic carbocycles. The number of methoxy groups -OCH3 is 1. The van der Waals surface area contributed by atoms with E-state index >= 15 is 0 Å². The number of nitrogens with one attached hydrogen (secondary N) is 1. The Hall–Kier alpha value is -1.03. The van der Waals surface area contributed by atoms with Crippen LogP contribution in [0.1, 0.15) is 32.3 Å². The van der Waals surface area contributed by atoms with E-state index in [1.807, 2.05) is 24.3 Å². The number of ether oxygens (including phenoxy) is 1. The third-order valence-corrected chi connectivity index (χ3v) is 4.63. The first-order valence-corrected chi connectivity index (χ1v) is 7.71. The van der Waals surface area contributed by atoms with Gasteiger partial charge < -0.3 is 10.1 Å². The van der Waals surface area contributed by atoms with Crippen molar-refractivity contribution in [2.45, 2.75) is 38.6 Å². The molecule has 1 aromatic rings. The molecule has 1 N–H and O–H groups in total. The third kappa shape index (κ3) is 4.23. The first-order chi connectivity index (χ1) is 9.10. The number of rotatable bonds is 7. The van der Waals surface area contributed by atoms with Gasteiger partial charge in [0, 0.05) is 16.4 Å². The van der Waals surface area contributed by atoms with Crippen LogP contribution in [0.4, 0.5) is 0 Å². The highest BCUT2D eigenvalue weighted by molar-refractivity contribution is 9.09. The van der Waals surface area contributed by atoms with Crippen LogP contribution in [0.25, 0.3) is 0 Å². The molecule has 106 valence electrons. The molecule has 0 aromatic heterocycles. The Labute approximate surface area is 123 Å². The van der Waals surface area contributed by atoms with Gasteiger partial charge in [-0.1, -0.05) is 48.0 Å². The summed E-state index contributed by atoms with van der Waals surface area (Å²) in [6, 6.07) is 7.62. The van der Waals surface area contributed by atoms with E-state index in [9.17, 15) is 4.79 Å². The molecular formula is C15H22BrNO2. The van der Waals surface area contributed by atoms with Gasteiger partial charge >= 0.3 is 0 Å². The van der Waals surface area contributed by atoms with Crippen molar-refractivity contribution in [3.05, 3.63) is 29.8 Å². The maximum Gasteiger partial charge on any atom is 0.225 e. The quantitative estimate of drug-likeness (QED) is 0.780. The van der Waals surface area contributed by atoms with Gasteiger partial charge in [0.2, 0.25) is 5.91 Å². The molecule has 1 aromatic carbocycles. The molecule has 0 aliphatic rings. The van der Waals surface area contributed by atoms with Crippen LogP contribution < -0.4 is 10.1 Å². The smallest absolute Gasteiger partial charge is 0.225 e. The lowest BCUT2D eigenvalue weighted by Gasteiger charge is -2.31. The fourth-order valence-corrected chi connectivity index (χ4v) is 2.94. The van der Waals surface area contributed by atoms with Crippen LogP contribution in [0.15, 0.2) is 24.3 Å². The summed E-state index contributed by atoms with van der Waals surface area (Å²) in [5, 5.41) is 3.91. The summed E-state index contributed by atoms with van der Waals surface area (Å²) in [7, 11) is 1.62. The Balaban J connectivity index is 2.74. The number of para-hydroxylation sites is 1. The normalized spacial score (nSPS) is 11.2. The van der Waals surface area contributed by atoms with Crippen molar-refractivity contribution in [3.63, 3.8) is 0 Å². The van der Waals surface area contributed by atoms with Gasteiger partial charge in [0.1, 0.15) is 5.75 Å². The molecular weight excluding hydrogens is 306 g/mol. The zero-order valence-corrected chi connectivity index (χ0v) is 13.4. The van der Waals surface area contributed by atoms with Crippen LogP contribution >= 0.6 is 15.9 Å². The summed E-state index contributed by atoms with van der Waals surface area (Å²) in [5.41, 5.74) is 0.761. The highest BCUT2D eigenvalue weighted by atomic mass is 79.9. The Morgan fingerprint density at radius 3 is 2.47 bits per heavy atom. The van der Waals surface area contributed by atoms with Crippen molar-refractivity contribution < 1.29 is 9.53 Å². The average Bonchev–Trinajstić information content (AvgIpc) is 2.45. The maximum absolute atomic E-state index is 12.2. The Kier molecular flexibility index (Phi) is 6.35. The van der Waals surface area contributed by atoms with Crippen LogP contribution in [0.2, 0.25) is 0 Å². The van der Waals surface area contributed by atoms with E-state index in [1.54, 1.807) is 7.11 Å². The molecule has 19 heavy (non-hydrogen) atoms. The number of carbonyl (C=O) groups is 1. The average molecular weight is 328 g/mol. The summed E-state index contributed by atoms with van der Waals surface area (Å²) >= 11 is 3.50. The fourth-order valence-electron chi connectivity index (χ4n) is 2.01. The molecule has 0 fully saturated rings. The van der Waals surface area contributed by atoms with Gasteiger partial charge in [-0.3, -0.25) is 4.79 Å². The predicted molar refractivity (Wildman–Crippen MR) is 81.9 cm³/mol. The van der Waals surface area contributed by atoms with Gasteiger partial charge in [0.05, 0.1) is 13.5 Å². The van der Waals surface area contributed by atoms with Crippen molar-refractivity contribution in [1.82, 2.24) is 5.32 Å². The number of halogens is 1. The van der Waals surface area contributed by atoms with Gasteiger partial charge in [-0.05, 0) is 18.9 Å². The summed E-state index contributed by atoms with van der Waals surface area (Å²) in [5.74, 6) is 0.794. The zero-order valence-electron chi connectivity index (χ0n) is 11.8. The number of benzene rings is 1. The minimum absolute atomic E-state index is 0.0349. The zero-order chi connectivity index (χ0) is 14.3. The Morgan fingerprint density at radius 1 is 1.32 bits per heavy atom. The molecule has 1 rings (SSSR count). The number of hydrogen-bond acceptors (Lipinski definition) is 2. The molecule has 0 bridgehead atoms. The summed E-state index contributed by atoms with van der Waals surface area (Å²) in [4.78, 5) is 12.2. The lowest BCUT2D eigenvalue weighted by atomic mass is 9.95. The molecule has 3 nitrogen and oxygen atoms in total. The SMILES string of the molecule is CCC(CC)(CBr)NC(=O)Cc1ccccc1OC. The Morgan fingerprint density at radius 2 is 1.95 bits per heavy atom. The maximum atomic E-state index is 12.2. The van der Waals surface area contributed by atoms with Crippen LogP contribution in [-0.4, -0.2) is 23.9 Å². The van der Waals surface area contributed by atoms with Gasteiger partial charge in [-0.25, -0.2) is 0 Å². The predicted octanol–water partition coefficient (Wildman–Crippen LogP) is 3.31. The first-order valence-electron chi connectivity index (χ1n) is 6.59. The van der Waals surface area contributed by atoms with E-state index in [2.05, 4.69) is 35.1 Å². The summed E-state index contributed by atoms with van der Waals surface area (Å²) in [6.45, 7) is 4.18. The third-order valence-electron chi connectivity index (χ3n) is 3.56. The molecule has 0 spiro atoms. The van der Waals surface area contributed by atoms with Gasteiger partial charge in [-0.2, -0.15) is 0 Å². The largest absolute Gasteiger partial charge is 0.496 e. The number of carbonyl (C=O) groups excluding carboxylic acids is 1. The highest BCUT2D eigenvalue weighted by Gasteiger charge is 2.26. The van der Waals surface area contributed by atoms with E-state index in [0.29, 0.717) is 6.42 Å². The monoisotopic (exact) mass is 327 g/mol. The topological polar surface area (TPSA) is 38.3 Å². The van der Waals surface area contributed by atoms with Gasteiger partial charge in [0.25, 0.3) is 0 Å². The van der Waals surface area contributed by atoms with Crippen LogP contribution in [0.5, 0.6) is 5.75 Å². The number of amides is 1. The minimum atomic E-state index is -0.154. The lowest BCUT2D eigenvalue weighted by Crippen LogP contribution is -2.49. The van der Waals surface area contributed by atoms with Crippen molar-refractivity contribution in [1.29, 1.82) is 0 Å². The van der Waals surface area contributed by atoms with Crippen molar-refractivity contribution >= 4 is 21.8 Å². The molecule has 4 heteroatoms. The second-order valence-electron chi connectivity index (χ2n) is 4.66. The molecule has 0 aliphatic heterocycles. The van der Waals surface area contributed by atoms with Crippen molar-refractivity contribution in [2.24, 2.45) is 0 Å². The van der Waals surface area contributed by atoms with E-state index in [-0.39, 0.29) is 11.4 Å². The molecule has 0 unspecified atom stereocenters. The second kappa shape index (κ2) is 7.53. The van der Waals surface area contributed by atoms with E-state index in [1.165, 1.54) is 0 Å². The molecule has 1 amide bonds. The second-order valence-corrected chi connectivity index (χ2v) is 5.22. The fraction of sp³-hybridized carbons (Fsp3) is 0.533. The highest BCUT2D eigenvalue weighted by Crippen LogP contribution is 2.20. The van der Waals surface area contributed by atoms with Gasteiger partial charge in [0.15, 0.2) is 0 Å². The van der Waals surface area contributed by atoms with Crippen LogP contribution in [0.3, 0.4) is 0 Å².